The van der Waals surface area contributed by atoms with Gasteiger partial charge in [-0.1, -0.05) is 18.8 Å². The molecule has 0 aliphatic rings. The van der Waals surface area contributed by atoms with Gasteiger partial charge in [-0.25, -0.2) is 21.5 Å². The minimum absolute atomic E-state index is 0.131. The lowest BCUT2D eigenvalue weighted by Gasteiger charge is -2.16. The number of aliphatic hydroxyl groups excluding tert-OH is 1. The van der Waals surface area contributed by atoms with Crippen LogP contribution in [0.5, 0.6) is 0 Å². The van der Waals surface area contributed by atoms with E-state index in [9.17, 15) is 17.2 Å². The van der Waals surface area contributed by atoms with Crippen molar-refractivity contribution in [1.29, 1.82) is 0 Å². The Balaban J connectivity index is 3.58. The Kier molecular flexibility index (Phi) is 5.00. The minimum atomic E-state index is -4.09. The Morgan fingerprint density at radius 3 is 2.53 bits per heavy atom. The molecule has 104 valence electrons. The molecule has 0 heterocycles. The molecule has 7 heteroatoms. The Hall–Kier alpha value is -1.49. The molecule has 0 unspecified atom stereocenters. The molecule has 0 amide bonds. The smallest absolute Gasteiger partial charge is 0.246 e. The van der Waals surface area contributed by atoms with Crippen LogP contribution in [0.2, 0.25) is 0 Å². The van der Waals surface area contributed by atoms with Crippen LogP contribution in [0.25, 0.3) is 0 Å². The number of benzene rings is 1. The standard InChI is InChI=1S/C12H13F2NO3S/c1-3-15(2)19(17,18)12-9(5-4-6-16)7-10(13)8-11(12)14/h7-8,16H,3,6H2,1-2H3. The number of hydrogen-bond acceptors (Lipinski definition) is 3. The van der Waals surface area contributed by atoms with Gasteiger partial charge in [-0.05, 0) is 6.07 Å². The second-order valence-corrected chi connectivity index (χ2v) is 5.63. The summed E-state index contributed by atoms with van der Waals surface area (Å²) in [7, 11) is -2.81. The molecule has 4 nitrogen and oxygen atoms in total. The van der Waals surface area contributed by atoms with Gasteiger partial charge in [0.1, 0.15) is 23.1 Å². The maximum Gasteiger partial charge on any atom is 0.246 e. The van der Waals surface area contributed by atoms with Crippen LogP contribution in [0.15, 0.2) is 17.0 Å². The molecule has 0 fully saturated rings. The molecule has 0 saturated heterocycles. The molecule has 0 spiro atoms. The van der Waals surface area contributed by atoms with Gasteiger partial charge >= 0.3 is 0 Å². The molecule has 0 saturated carbocycles. The van der Waals surface area contributed by atoms with E-state index in [2.05, 4.69) is 11.8 Å². The maximum atomic E-state index is 13.8. The molecule has 0 radical (unpaired) electrons. The first-order valence-corrected chi connectivity index (χ1v) is 6.83. The van der Waals surface area contributed by atoms with Gasteiger partial charge in [-0.2, -0.15) is 0 Å². The zero-order valence-corrected chi connectivity index (χ0v) is 11.3. The summed E-state index contributed by atoms with van der Waals surface area (Å²) < 4.78 is 52.0. The van der Waals surface area contributed by atoms with E-state index in [0.29, 0.717) is 6.07 Å². The van der Waals surface area contributed by atoms with E-state index in [-0.39, 0.29) is 12.1 Å². The molecule has 0 bridgehead atoms. The molecule has 1 aromatic carbocycles. The lowest BCUT2D eigenvalue weighted by molar-refractivity contribution is 0.350. The van der Waals surface area contributed by atoms with Crippen molar-refractivity contribution >= 4 is 10.0 Å². The largest absolute Gasteiger partial charge is 0.384 e. The topological polar surface area (TPSA) is 57.6 Å². The van der Waals surface area contributed by atoms with Crippen molar-refractivity contribution in [3.63, 3.8) is 0 Å². The Morgan fingerprint density at radius 1 is 1.37 bits per heavy atom. The third-order valence-corrected chi connectivity index (χ3v) is 4.43. The fourth-order valence-corrected chi connectivity index (χ4v) is 2.72. The third kappa shape index (κ3) is 3.29. The van der Waals surface area contributed by atoms with Gasteiger partial charge in [-0.3, -0.25) is 0 Å². The first-order valence-electron chi connectivity index (χ1n) is 5.39. The van der Waals surface area contributed by atoms with Crippen molar-refractivity contribution in [2.75, 3.05) is 20.2 Å². The van der Waals surface area contributed by atoms with Crippen LogP contribution < -0.4 is 0 Å². The summed E-state index contributed by atoms with van der Waals surface area (Å²) in [6, 6.07) is 1.31. The lowest BCUT2D eigenvalue weighted by Crippen LogP contribution is -2.28. The summed E-state index contributed by atoms with van der Waals surface area (Å²) in [5, 5.41) is 8.59. The van der Waals surface area contributed by atoms with Crippen LogP contribution in [-0.2, 0) is 10.0 Å². The van der Waals surface area contributed by atoms with Gasteiger partial charge in [0, 0.05) is 19.7 Å². The van der Waals surface area contributed by atoms with E-state index in [1.165, 1.54) is 7.05 Å². The summed E-state index contributed by atoms with van der Waals surface area (Å²) >= 11 is 0. The minimum Gasteiger partial charge on any atom is -0.384 e. The molecule has 0 aliphatic carbocycles. The zero-order chi connectivity index (χ0) is 14.6. The van der Waals surface area contributed by atoms with Gasteiger partial charge in [-0.15, -0.1) is 0 Å². The van der Waals surface area contributed by atoms with Crippen molar-refractivity contribution in [3.05, 3.63) is 29.3 Å². The van der Waals surface area contributed by atoms with Gasteiger partial charge in [0.25, 0.3) is 0 Å². The molecule has 1 N–H and O–H groups in total. The van der Waals surface area contributed by atoms with Crippen LogP contribution in [0.3, 0.4) is 0 Å². The summed E-state index contributed by atoms with van der Waals surface area (Å²) in [6.45, 7) is 1.17. The van der Waals surface area contributed by atoms with Gasteiger partial charge < -0.3 is 5.11 Å². The second-order valence-electron chi connectivity index (χ2n) is 3.64. The van der Waals surface area contributed by atoms with Gasteiger partial charge in [0.15, 0.2) is 0 Å². The predicted octanol–water partition coefficient (Wildman–Crippen LogP) is 0.949. The summed E-state index contributed by atoms with van der Waals surface area (Å²) in [4.78, 5) is -0.681. The highest BCUT2D eigenvalue weighted by Gasteiger charge is 2.27. The number of rotatable bonds is 3. The highest BCUT2D eigenvalue weighted by Crippen LogP contribution is 2.23. The van der Waals surface area contributed by atoms with Gasteiger partial charge in [0.2, 0.25) is 10.0 Å². The monoisotopic (exact) mass is 289 g/mol. The molecule has 1 aromatic rings. The molecular weight excluding hydrogens is 276 g/mol. The zero-order valence-electron chi connectivity index (χ0n) is 10.4. The number of aliphatic hydroxyl groups is 1. The first kappa shape index (κ1) is 15.6. The van der Waals surface area contributed by atoms with Crippen LogP contribution in [0.1, 0.15) is 12.5 Å². The molecule has 0 aliphatic heterocycles. The average molecular weight is 289 g/mol. The first-order chi connectivity index (χ1) is 8.84. The molecular formula is C12H13F2NO3S. The highest BCUT2D eigenvalue weighted by molar-refractivity contribution is 7.89. The fourth-order valence-electron chi connectivity index (χ4n) is 1.38. The molecule has 0 aromatic heterocycles. The summed E-state index contributed by atoms with van der Waals surface area (Å²) in [6.07, 6.45) is 0. The van der Waals surface area contributed by atoms with E-state index in [1.54, 1.807) is 6.92 Å². The van der Waals surface area contributed by atoms with Crippen molar-refractivity contribution in [2.45, 2.75) is 11.8 Å². The highest BCUT2D eigenvalue weighted by atomic mass is 32.2. The Morgan fingerprint density at radius 2 is 2.00 bits per heavy atom. The van der Waals surface area contributed by atoms with Crippen LogP contribution >= 0.6 is 0 Å². The van der Waals surface area contributed by atoms with E-state index < -0.39 is 33.2 Å². The average Bonchev–Trinajstić information content (AvgIpc) is 2.33. The molecule has 19 heavy (non-hydrogen) atoms. The van der Waals surface area contributed by atoms with E-state index >= 15 is 0 Å². The summed E-state index contributed by atoms with van der Waals surface area (Å²) in [5.41, 5.74) is -0.313. The van der Waals surface area contributed by atoms with E-state index in [0.717, 1.165) is 10.4 Å². The molecule has 0 atom stereocenters. The van der Waals surface area contributed by atoms with Crippen molar-refractivity contribution < 1.29 is 22.3 Å². The fraction of sp³-hybridized carbons (Fsp3) is 0.333. The maximum absolute atomic E-state index is 13.8. The van der Waals surface area contributed by atoms with Crippen LogP contribution in [-0.4, -0.2) is 38.0 Å². The second kappa shape index (κ2) is 6.10. The quantitative estimate of drug-likeness (QED) is 0.843. The lowest BCUT2D eigenvalue weighted by atomic mass is 10.2. The number of halogens is 2. The van der Waals surface area contributed by atoms with E-state index in [1.807, 2.05) is 0 Å². The van der Waals surface area contributed by atoms with Crippen LogP contribution in [0, 0.1) is 23.5 Å². The van der Waals surface area contributed by atoms with Crippen molar-refractivity contribution in [2.24, 2.45) is 0 Å². The van der Waals surface area contributed by atoms with E-state index in [4.69, 9.17) is 5.11 Å². The number of nitrogens with zero attached hydrogens (tertiary/aromatic N) is 1. The van der Waals surface area contributed by atoms with Gasteiger partial charge in [0.05, 0.1) is 5.56 Å². The van der Waals surface area contributed by atoms with Crippen molar-refractivity contribution in [1.82, 2.24) is 4.31 Å². The van der Waals surface area contributed by atoms with Crippen LogP contribution in [0.4, 0.5) is 8.78 Å². The van der Waals surface area contributed by atoms with Crippen molar-refractivity contribution in [3.8, 4) is 11.8 Å². The molecule has 1 rings (SSSR count). The third-order valence-electron chi connectivity index (χ3n) is 2.42. The summed E-state index contributed by atoms with van der Waals surface area (Å²) in [5.74, 6) is 2.28. The number of hydrogen-bond donors (Lipinski definition) is 1. The Bertz CT molecular complexity index is 632. The predicted molar refractivity (Wildman–Crippen MR) is 65.8 cm³/mol. The Labute approximate surface area is 110 Å². The number of sulfonamides is 1. The normalized spacial score (nSPS) is 11.3. The SMILES string of the molecule is CCN(C)S(=O)(=O)c1c(F)cc(F)cc1C#CCO.